The third-order valence-electron chi connectivity index (χ3n) is 2.45. The van der Waals surface area contributed by atoms with E-state index in [0.717, 1.165) is 0 Å². The first-order chi connectivity index (χ1) is 9.08. The molecule has 0 radical (unpaired) electrons. The van der Waals surface area contributed by atoms with E-state index in [1.165, 1.54) is 12.1 Å². The Bertz CT molecular complexity index is 598. The van der Waals surface area contributed by atoms with Gasteiger partial charge in [0.1, 0.15) is 11.6 Å². The van der Waals surface area contributed by atoms with Crippen LogP contribution in [-0.4, -0.2) is 15.9 Å². The number of hydrogen-bond donors (Lipinski definition) is 1. The van der Waals surface area contributed by atoms with Crippen LogP contribution >= 0.6 is 15.9 Å². The Morgan fingerprint density at radius 2 is 2.21 bits per heavy atom. The molecule has 19 heavy (non-hydrogen) atoms. The number of carbonyl (C=O) groups is 1. The molecule has 1 aromatic carbocycles. The van der Waals surface area contributed by atoms with Gasteiger partial charge in [0, 0.05) is 10.7 Å². The van der Waals surface area contributed by atoms with Crippen molar-refractivity contribution in [3.8, 4) is 0 Å². The second kappa shape index (κ2) is 5.88. The molecule has 2 aromatic rings. The summed E-state index contributed by atoms with van der Waals surface area (Å²) in [6.07, 6.45) is 1.61. The minimum absolute atomic E-state index is 0.00622. The first kappa shape index (κ1) is 13.6. The molecular weight excluding hydrogens is 313 g/mol. The number of nitrogens with zero attached hydrogens (tertiary/aromatic N) is 2. The lowest BCUT2D eigenvalue weighted by molar-refractivity contribution is 0.0945. The lowest BCUT2D eigenvalue weighted by atomic mass is 10.2. The Labute approximate surface area is 118 Å². The highest BCUT2D eigenvalue weighted by Gasteiger charge is 2.15. The van der Waals surface area contributed by atoms with Crippen molar-refractivity contribution in [3.63, 3.8) is 0 Å². The Hall–Kier alpha value is -1.82. The predicted molar refractivity (Wildman–Crippen MR) is 72.0 cm³/mol. The van der Waals surface area contributed by atoms with E-state index in [2.05, 4.69) is 31.2 Å². The van der Waals surface area contributed by atoms with Gasteiger partial charge < -0.3 is 5.32 Å². The summed E-state index contributed by atoms with van der Waals surface area (Å²) in [7, 11) is 0. The zero-order valence-corrected chi connectivity index (χ0v) is 11.7. The van der Waals surface area contributed by atoms with Gasteiger partial charge >= 0.3 is 0 Å². The van der Waals surface area contributed by atoms with Crippen LogP contribution in [-0.2, 0) is 6.54 Å². The van der Waals surface area contributed by atoms with Crippen molar-refractivity contribution in [2.24, 2.45) is 0 Å². The quantitative estimate of drug-likeness (QED) is 0.944. The number of hydrogen-bond acceptors (Lipinski definition) is 3. The summed E-state index contributed by atoms with van der Waals surface area (Å²) in [6, 6.07) is 6.09. The number of aryl methyl sites for hydroxylation is 1. The Kier molecular flexibility index (Phi) is 4.21. The number of nitrogens with one attached hydrogen (secondary N) is 1. The first-order valence-electron chi connectivity index (χ1n) is 5.58. The average Bonchev–Trinajstić information content (AvgIpc) is 2.36. The fourth-order valence-corrected chi connectivity index (χ4v) is 2.10. The molecule has 0 fully saturated rings. The van der Waals surface area contributed by atoms with Crippen molar-refractivity contribution in [1.82, 2.24) is 15.3 Å². The standard InChI is InChI=1S/C13H11BrFN3O/c1-8-16-6-5-9(18-8)7-17-13(19)12-10(14)3-2-4-11(12)15/h2-6H,7H2,1H3,(H,17,19). The number of amides is 1. The van der Waals surface area contributed by atoms with Gasteiger partial charge in [-0.15, -0.1) is 0 Å². The smallest absolute Gasteiger partial charge is 0.255 e. The monoisotopic (exact) mass is 323 g/mol. The average molecular weight is 324 g/mol. The number of rotatable bonds is 3. The van der Waals surface area contributed by atoms with Gasteiger partial charge in [-0.1, -0.05) is 6.07 Å². The maximum absolute atomic E-state index is 13.6. The lowest BCUT2D eigenvalue weighted by Crippen LogP contribution is -2.25. The molecule has 4 nitrogen and oxygen atoms in total. The zero-order chi connectivity index (χ0) is 13.8. The Morgan fingerprint density at radius 3 is 2.89 bits per heavy atom. The minimum Gasteiger partial charge on any atom is -0.346 e. The topological polar surface area (TPSA) is 54.9 Å². The van der Waals surface area contributed by atoms with Crippen molar-refractivity contribution < 1.29 is 9.18 Å². The Morgan fingerprint density at radius 1 is 1.42 bits per heavy atom. The van der Waals surface area contributed by atoms with Crippen LogP contribution < -0.4 is 5.32 Å². The number of carbonyl (C=O) groups excluding carboxylic acids is 1. The van der Waals surface area contributed by atoms with Gasteiger partial charge in [-0.3, -0.25) is 4.79 Å². The third kappa shape index (κ3) is 3.35. The number of halogens is 2. The molecule has 0 spiro atoms. The van der Waals surface area contributed by atoms with Gasteiger partial charge in [-0.25, -0.2) is 14.4 Å². The molecule has 0 atom stereocenters. The van der Waals surface area contributed by atoms with Crippen LogP contribution in [0.2, 0.25) is 0 Å². The van der Waals surface area contributed by atoms with E-state index in [-0.39, 0.29) is 12.1 Å². The number of benzene rings is 1. The van der Waals surface area contributed by atoms with Crippen molar-refractivity contribution in [2.75, 3.05) is 0 Å². The summed E-state index contributed by atoms with van der Waals surface area (Å²) in [4.78, 5) is 20.0. The van der Waals surface area contributed by atoms with E-state index in [1.807, 2.05) is 0 Å². The van der Waals surface area contributed by atoms with Crippen molar-refractivity contribution in [3.05, 3.63) is 57.8 Å². The first-order valence-corrected chi connectivity index (χ1v) is 6.38. The molecule has 0 aliphatic rings. The predicted octanol–water partition coefficient (Wildman–Crippen LogP) is 2.62. The van der Waals surface area contributed by atoms with Gasteiger partial charge in [0.05, 0.1) is 17.8 Å². The molecule has 0 unspecified atom stereocenters. The van der Waals surface area contributed by atoms with E-state index in [1.54, 1.807) is 25.3 Å². The summed E-state index contributed by atoms with van der Waals surface area (Å²) in [5.74, 6) is -0.425. The van der Waals surface area contributed by atoms with Crippen molar-refractivity contribution in [2.45, 2.75) is 13.5 Å². The third-order valence-corrected chi connectivity index (χ3v) is 3.11. The van der Waals surface area contributed by atoms with E-state index >= 15 is 0 Å². The molecular formula is C13H11BrFN3O. The summed E-state index contributed by atoms with van der Waals surface area (Å²) in [6.45, 7) is 1.99. The molecule has 6 heteroatoms. The summed E-state index contributed by atoms with van der Waals surface area (Å²) in [5, 5.41) is 2.62. The molecule has 0 aliphatic heterocycles. The molecule has 2 rings (SSSR count). The molecule has 1 N–H and O–H groups in total. The minimum atomic E-state index is -0.564. The highest BCUT2D eigenvalue weighted by Crippen LogP contribution is 2.19. The summed E-state index contributed by atoms with van der Waals surface area (Å²) in [5.41, 5.74) is 0.668. The van der Waals surface area contributed by atoms with E-state index in [9.17, 15) is 9.18 Å². The molecule has 0 saturated heterocycles. The number of aromatic nitrogens is 2. The molecule has 1 heterocycles. The van der Waals surface area contributed by atoms with Crippen molar-refractivity contribution in [1.29, 1.82) is 0 Å². The van der Waals surface area contributed by atoms with E-state index < -0.39 is 11.7 Å². The second-order valence-electron chi connectivity index (χ2n) is 3.87. The highest BCUT2D eigenvalue weighted by molar-refractivity contribution is 9.10. The van der Waals surface area contributed by atoms with Gasteiger partial charge in [0.2, 0.25) is 0 Å². The van der Waals surface area contributed by atoms with Crippen molar-refractivity contribution >= 4 is 21.8 Å². The zero-order valence-electron chi connectivity index (χ0n) is 10.2. The lowest BCUT2D eigenvalue weighted by Gasteiger charge is -2.07. The van der Waals surface area contributed by atoms with Gasteiger partial charge in [-0.05, 0) is 41.1 Å². The van der Waals surface area contributed by atoms with Gasteiger partial charge in [0.15, 0.2) is 0 Å². The van der Waals surface area contributed by atoms with Gasteiger partial charge in [-0.2, -0.15) is 0 Å². The fourth-order valence-electron chi connectivity index (χ4n) is 1.58. The molecule has 0 aliphatic carbocycles. The fraction of sp³-hybridized carbons (Fsp3) is 0.154. The van der Waals surface area contributed by atoms with Crippen LogP contribution in [0.3, 0.4) is 0 Å². The van der Waals surface area contributed by atoms with E-state index in [0.29, 0.717) is 16.0 Å². The largest absolute Gasteiger partial charge is 0.346 e. The summed E-state index contributed by atoms with van der Waals surface area (Å²) >= 11 is 3.16. The summed E-state index contributed by atoms with van der Waals surface area (Å²) < 4.78 is 14.0. The van der Waals surface area contributed by atoms with E-state index in [4.69, 9.17) is 0 Å². The van der Waals surface area contributed by atoms with Gasteiger partial charge in [0.25, 0.3) is 5.91 Å². The molecule has 1 aromatic heterocycles. The van der Waals surface area contributed by atoms with Crippen LogP contribution in [0.25, 0.3) is 0 Å². The normalized spacial score (nSPS) is 10.3. The molecule has 0 bridgehead atoms. The maximum atomic E-state index is 13.6. The van der Waals surface area contributed by atoms with Crippen LogP contribution in [0.4, 0.5) is 4.39 Å². The Balaban J connectivity index is 2.10. The SMILES string of the molecule is Cc1nccc(CNC(=O)c2c(F)cccc2Br)n1. The van der Waals surface area contributed by atoms with Crippen LogP contribution in [0.15, 0.2) is 34.9 Å². The highest BCUT2D eigenvalue weighted by atomic mass is 79.9. The maximum Gasteiger partial charge on any atom is 0.255 e. The van der Waals surface area contributed by atoms with Crippen LogP contribution in [0, 0.1) is 12.7 Å². The molecule has 0 saturated carbocycles. The van der Waals surface area contributed by atoms with Crippen LogP contribution in [0.5, 0.6) is 0 Å². The molecule has 1 amide bonds. The molecule has 98 valence electrons. The second-order valence-corrected chi connectivity index (χ2v) is 4.73. The van der Waals surface area contributed by atoms with Crippen LogP contribution in [0.1, 0.15) is 21.9 Å².